The number of halogens is 3. The summed E-state index contributed by atoms with van der Waals surface area (Å²) in [4.78, 5) is 40.4. The van der Waals surface area contributed by atoms with Gasteiger partial charge >= 0.3 is 5.92 Å². The van der Waals surface area contributed by atoms with E-state index in [9.17, 15) is 23.2 Å². The SMILES string of the molecule is Cc1nc2cc(CNC(=O)C(F)(F)c3ccc(Cl)cc3)ccc2cc1C1CCC(=O)NC1=O. The van der Waals surface area contributed by atoms with Gasteiger partial charge in [0.25, 0.3) is 5.91 Å². The summed E-state index contributed by atoms with van der Waals surface area (Å²) in [5.74, 6) is -6.18. The second kappa shape index (κ2) is 8.86. The first-order valence-electron chi connectivity index (χ1n) is 10.3. The fraction of sp³-hybridized carbons (Fsp3) is 0.250. The Morgan fingerprint density at radius 2 is 1.91 bits per heavy atom. The Morgan fingerprint density at radius 3 is 2.61 bits per heavy atom. The molecular formula is C24H20ClF2N3O3. The number of fused-ring (bicyclic) bond motifs is 1. The summed E-state index contributed by atoms with van der Waals surface area (Å²) >= 11 is 5.72. The van der Waals surface area contributed by atoms with Gasteiger partial charge in [0.2, 0.25) is 11.8 Å². The van der Waals surface area contributed by atoms with Crippen molar-refractivity contribution in [2.24, 2.45) is 0 Å². The molecule has 4 rings (SSSR count). The van der Waals surface area contributed by atoms with Gasteiger partial charge in [-0.2, -0.15) is 8.78 Å². The first-order valence-corrected chi connectivity index (χ1v) is 10.7. The second-order valence-corrected chi connectivity index (χ2v) is 8.39. The molecule has 3 aromatic rings. The van der Waals surface area contributed by atoms with E-state index < -0.39 is 23.3 Å². The third-order valence-corrected chi connectivity index (χ3v) is 5.92. The lowest BCUT2D eigenvalue weighted by atomic mass is 9.89. The minimum atomic E-state index is -3.70. The molecule has 0 saturated carbocycles. The lowest BCUT2D eigenvalue weighted by Gasteiger charge is -2.22. The highest BCUT2D eigenvalue weighted by Gasteiger charge is 2.40. The van der Waals surface area contributed by atoms with Gasteiger partial charge in [0, 0.05) is 34.6 Å². The number of imide groups is 1. The molecule has 33 heavy (non-hydrogen) atoms. The number of rotatable bonds is 5. The standard InChI is InChI=1S/C24H20ClF2N3O3/c1-13-19(18-8-9-21(31)30-22(18)32)11-15-3-2-14(10-20(15)29-13)12-28-23(33)24(26,27)16-4-6-17(25)7-5-16/h2-7,10-11,18H,8-9,12H2,1H3,(H,28,33)(H,30,31,32). The predicted octanol–water partition coefficient (Wildman–Crippen LogP) is 4.13. The van der Waals surface area contributed by atoms with Gasteiger partial charge in [0.15, 0.2) is 0 Å². The molecule has 2 N–H and O–H groups in total. The van der Waals surface area contributed by atoms with E-state index in [1.807, 2.05) is 6.07 Å². The molecule has 3 amide bonds. The summed E-state index contributed by atoms with van der Waals surface area (Å²) in [7, 11) is 0. The highest BCUT2D eigenvalue weighted by atomic mass is 35.5. The minimum absolute atomic E-state index is 0.104. The molecular weight excluding hydrogens is 452 g/mol. The summed E-state index contributed by atoms with van der Waals surface area (Å²) in [5.41, 5.74) is 2.16. The number of nitrogens with one attached hydrogen (secondary N) is 2. The smallest absolute Gasteiger partial charge is 0.346 e. The fourth-order valence-electron chi connectivity index (χ4n) is 3.86. The van der Waals surface area contributed by atoms with Crippen molar-refractivity contribution in [3.8, 4) is 0 Å². The number of hydrogen-bond acceptors (Lipinski definition) is 4. The number of aromatic nitrogens is 1. The van der Waals surface area contributed by atoms with Crippen LogP contribution >= 0.6 is 11.6 Å². The molecule has 0 radical (unpaired) electrons. The zero-order valence-electron chi connectivity index (χ0n) is 17.6. The van der Waals surface area contributed by atoms with Crippen LogP contribution in [-0.2, 0) is 26.9 Å². The van der Waals surface area contributed by atoms with E-state index in [2.05, 4.69) is 15.6 Å². The molecule has 2 heterocycles. The van der Waals surface area contributed by atoms with Crippen LogP contribution in [0.25, 0.3) is 10.9 Å². The molecule has 1 unspecified atom stereocenters. The summed E-state index contributed by atoms with van der Waals surface area (Å²) in [6, 6.07) is 11.9. The van der Waals surface area contributed by atoms with Crippen molar-refractivity contribution in [1.29, 1.82) is 0 Å². The monoisotopic (exact) mass is 471 g/mol. The number of benzene rings is 2. The zero-order chi connectivity index (χ0) is 23.8. The van der Waals surface area contributed by atoms with Crippen LogP contribution in [0.2, 0.25) is 5.02 Å². The van der Waals surface area contributed by atoms with Gasteiger partial charge in [-0.25, -0.2) is 0 Å². The zero-order valence-corrected chi connectivity index (χ0v) is 18.4. The van der Waals surface area contributed by atoms with Gasteiger partial charge < -0.3 is 5.32 Å². The molecule has 2 aromatic carbocycles. The molecule has 0 bridgehead atoms. The number of alkyl halides is 2. The first kappa shape index (κ1) is 22.8. The molecule has 0 spiro atoms. The maximum absolute atomic E-state index is 14.4. The predicted molar refractivity (Wildman–Crippen MR) is 119 cm³/mol. The maximum Gasteiger partial charge on any atom is 0.349 e. The normalized spacial score (nSPS) is 16.5. The Labute approximate surface area is 193 Å². The lowest BCUT2D eigenvalue weighted by Crippen LogP contribution is -2.39. The molecule has 6 nitrogen and oxygen atoms in total. The largest absolute Gasteiger partial charge is 0.349 e. The molecule has 1 aliphatic heterocycles. The molecule has 1 atom stereocenters. The van der Waals surface area contributed by atoms with Crippen LogP contribution in [0.15, 0.2) is 48.5 Å². The topological polar surface area (TPSA) is 88.2 Å². The molecule has 1 fully saturated rings. The quantitative estimate of drug-likeness (QED) is 0.548. The number of nitrogens with zero attached hydrogens (tertiary/aromatic N) is 1. The Hall–Kier alpha value is -3.39. The number of pyridine rings is 1. The molecule has 1 aromatic heterocycles. The Kier molecular flexibility index (Phi) is 6.12. The Morgan fingerprint density at radius 1 is 1.18 bits per heavy atom. The number of amides is 3. The van der Waals surface area contributed by atoms with Crippen LogP contribution in [0.5, 0.6) is 0 Å². The van der Waals surface area contributed by atoms with E-state index in [0.29, 0.717) is 28.2 Å². The highest BCUT2D eigenvalue weighted by molar-refractivity contribution is 6.30. The molecule has 1 saturated heterocycles. The molecule has 0 aliphatic carbocycles. The van der Waals surface area contributed by atoms with Crippen molar-refractivity contribution in [2.75, 3.05) is 0 Å². The van der Waals surface area contributed by atoms with Gasteiger partial charge in [0.05, 0.1) is 11.4 Å². The Bertz CT molecular complexity index is 1260. The van der Waals surface area contributed by atoms with E-state index in [1.165, 1.54) is 12.1 Å². The lowest BCUT2D eigenvalue weighted by molar-refractivity contribution is -0.147. The number of carbonyl (C=O) groups is 3. The van der Waals surface area contributed by atoms with Gasteiger partial charge in [-0.15, -0.1) is 0 Å². The summed E-state index contributed by atoms with van der Waals surface area (Å²) in [6.07, 6.45) is 0.692. The van der Waals surface area contributed by atoms with E-state index in [-0.39, 0.29) is 24.8 Å². The summed E-state index contributed by atoms with van der Waals surface area (Å²) in [5, 5.41) is 5.69. The summed E-state index contributed by atoms with van der Waals surface area (Å²) in [6.45, 7) is 1.67. The van der Waals surface area contributed by atoms with Gasteiger partial charge in [-0.3, -0.25) is 24.7 Å². The highest BCUT2D eigenvalue weighted by Crippen LogP contribution is 2.31. The van der Waals surface area contributed by atoms with E-state index in [0.717, 1.165) is 23.1 Å². The third-order valence-electron chi connectivity index (χ3n) is 5.67. The fourth-order valence-corrected chi connectivity index (χ4v) is 3.99. The van der Waals surface area contributed by atoms with Crippen molar-refractivity contribution in [3.63, 3.8) is 0 Å². The second-order valence-electron chi connectivity index (χ2n) is 7.96. The summed E-state index contributed by atoms with van der Waals surface area (Å²) < 4.78 is 28.9. The Balaban J connectivity index is 1.50. The number of aryl methyl sites for hydroxylation is 1. The molecule has 9 heteroatoms. The average molecular weight is 472 g/mol. The van der Waals surface area contributed by atoms with Crippen LogP contribution in [0.4, 0.5) is 8.78 Å². The van der Waals surface area contributed by atoms with Crippen LogP contribution in [0.1, 0.15) is 41.1 Å². The van der Waals surface area contributed by atoms with Crippen molar-refractivity contribution < 1.29 is 23.2 Å². The number of piperidine rings is 1. The van der Waals surface area contributed by atoms with Crippen molar-refractivity contribution in [1.82, 2.24) is 15.6 Å². The van der Waals surface area contributed by atoms with E-state index in [4.69, 9.17) is 11.6 Å². The average Bonchev–Trinajstić information content (AvgIpc) is 2.77. The van der Waals surface area contributed by atoms with Crippen molar-refractivity contribution in [3.05, 3.63) is 75.9 Å². The number of carbonyl (C=O) groups excluding carboxylic acids is 3. The minimum Gasteiger partial charge on any atom is -0.346 e. The maximum atomic E-state index is 14.4. The van der Waals surface area contributed by atoms with E-state index in [1.54, 1.807) is 25.1 Å². The van der Waals surface area contributed by atoms with Crippen LogP contribution < -0.4 is 10.6 Å². The number of hydrogen-bond donors (Lipinski definition) is 2. The van der Waals surface area contributed by atoms with E-state index >= 15 is 0 Å². The third kappa shape index (κ3) is 4.71. The first-order chi connectivity index (χ1) is 15.6. The van der Waals surface area contributed by atoms with Gasteiger partial charge in [-0.05, 0) is 48.7 Å². The molecule has 1 aliphatic rings. The molecule has 170 valence electrons. The van der Waals surface area contributed by atoms with Crippen LogP contribution in [0, 0.1) is 6.92 Å². The van der Waals surface area contributed by atoms with Crippen molar-refractivity contribution >= 4 is 40.2 Å². The van der Waals surface area contributed by atoms with Crippen molar-refractivity contribution in [2.45, 2.75) is 38.2 Å². The van der Waals surface area contributed by atoms with Gasteiger partial charge in [-0.1, -0.05) is 35.9 Å². The van der Waals surface area contributed by atoms with Crippen LogP contribution in [-0.4, -0.2) is 22.7 Å². The van der Waals surface area contributed by atoms with Gasteiger partial charge in [0.1, 0.15) is 0 Å². The van der Waals surface area contributed by atoms with Crippen LogP contribution in [0.3, 0.4) is 0 Å².